The number of hydrogen-bond acceptors (Lipinski definition) is 4. The molecule has 0 spiro atoms. The second kappa shape index (κ2) is 6.22. The van der Waals surface area contributed by atoms with Crippen LogP contribution < -0.4 is 10.6 Å². The Kier molecular flexibility index (Phi) is 4.15. The maximum Gasteiger partial charge on any atom is 0.133 e. The number of aryl methyl sites for hydroxylation is 2. The van der Waals surface area contributed by atoms with Crippen LogP contribution in [0.15, 0.2) is 30.6 Å². The summed E-state index contributed by atoms with van der Waals surface area (Å²) in [7, 11) is 0. The fraction of sp³-hybridized carbons (Fsp3) is 0.412. The molecule has 2 heterocycles. The van der Waals surface area contributed by atoms with Crippen molar-refractivity contribution in [2.24, 2.45) is 5.73 Å². The van der Waals surface area contributed by atoms with Crippen molar-refractivity contribution in [3.05, 3.63) is 53.0 Å². The fourth-order valence-electron chi connectivity index (χ4n) is 2.98. The molecule has 0 saturated heterocycles. The first-order chi connectivity index (χ1) is 10.3. The molecule has 3 rings (SSSR count). The molecule has 0 saturated carbocycles. The van der Waals surface area contributed by atoms with Crippen molar-refractivity contribution >= 4 is 5.82 Å². The first-order valence-electron chi connectivity index (χ1n) is 7.67. The highest BCUT2D eigenvalue weighted by atomic mass is 15.2. The zero-order valence-electron chi connectivity index (χ0n) is 12.5. The minimum Gasteiger partial charge on any atom is -0.352 e. The normalized spacial score (nSPS) is 13.2. The Morgan fingerprint density at radius 3 is 2.76 bits per heavy atom. The molecule has 0 bridgehead atoms. The van der Waals surface area contributed by atoms with E-state index < -0.39 is 0 Å². The molecule has 0 fully saturated rings. The van der Waals surface area contributed by atoms with E-state index in [1.54, 1.807) is 0 Å². The van der Waals surface area contributed by atoms with Crippen molar-refractivity contribution in [2.45, 2.75) is 39.3 Å². The van der Waals surface area contributed by atoms with Gasteiger partial charge in [0.2, 0.25) is 0 Å². The molecule has 1 aliphatic carbocycles. The summed E-state index contributed by atoms with van der Waals surface area (Å²) in [6, 6.07) is 6.37. The fourth-order valence-corrected chi connectivity index (χ4v) is 2.98. The quantitative estimate of drug-likeness (QED) is 0.915. The van der Waals surface area contributed by atoms with Crippen LogP contribution >= 0.6 is 0 Å². The summed E-state index contributed by atoms with van der Waals surface area (Å²) in [6.45, 7) is 4.47. The second-order valence-electron chi connectivity index (χ2n) is 5.50. The van der Waals surface area contributed by atoms with Gasteiger partial charge >= 0.3 is 0 Å². The zero-order valence-corrected chi connectivity index (χ0v) is 12.5. The van der Waals surface area contributed by atoms with Crippen LogP contribution in [0, 0.1) is 0 Å². The van der Waals surface area contributed by atoms with Gasteiger partial charge < -0.3 is 10.6 Å². The lowest BCUT2D eigenvalue weighted by atomic mass is 10.1. The van der Waals surface area contributed by atoms with Crippen LogP contribution in [-0.4, -0.2) is 16.5 Å². The number of hydrogen-bond donors (Lipinski definition) is 1. The molecule has 1 aliphatic rings. The average Bonchev–Trinajstić information content (AvgIpc) is 2.99. The van der Waals surface area contributed by atoms with Crippen LogP contribution in [-0.2, 0) is 25.9 Å². The monoisotopic (exact) mass is 282 g/mol. The number of anilines is 1. The molecule has 0 radical (unpaired) electrons. The van der Waals surface area contributed by atoms with Crippen molar-refractivity contribution in [3.63, 3.8) is 0 Å². The number of nitrogens with two attached hydrogens (primary N) is 1. The van der Waals surface area contributed by atoms with Gasteiger partial charge in [-0.1, -0.05) is 0 Å². The summed E-state index contributed by atoms with van der Waals surface area (Å²) in [5.74, 6) is 1.05. The molecule has 4 nitrogen and oxygen atoms in total. The van der Waals surface area contributed by atoms with Crippen molar-refractivity contribution < 1.29 is 0 Å². The highest BCUT2D eigenvalue weighted by Gasteiger charge is 2.18. The molecule has 21 heavy (non-hydrogen) atoms. The Balaban J connectivity index is 1.93. The van der Waals surface area contributed by atoms with E-state index in [1.165, 1.54) is 23.2 Å². The first kappa shape index (κ1) is 14.0. The van der Waals surface area contributed by atoms with Crippen molar-refractivity contribution in [3.8, 4) is 0 Å². The third kappa shape index (κ3) is 2.90. The Hall–Kier alpha value is -1.94. The number of nitrogens with zero attached hydrogens (tertiary/aromatic N) is 3. The van der Waals surface area contributed by atoms with Gasteiger partial charge in [-0.25, -0.2) is 4.98 Å². The molecule has 0 unspecified atom stereocenters. The number of pyridine rings is 2. The van der Waals surface area contributed by atoms with Crippen LogP contribution in [0.25, 0.3) is 0 Å². The van der Waals surface area contributed by atoms with Crippen LogP contribution in [0.4, 0.5) is 5.82 Å². The minimum atomic E-state index is 0.544. The SMILES string of the molecule is CCN(Cc1ccncc1)c1nc2c(cc1CN)CCC2. The van der Waals surface area contributed by atoms with Gasteiger partial charge in [0.05, 0.1) is 0 Å². The molecule has 4 heteroatoms. The summed E-state index contributed by atoms with van der Waals surface area (Å²) in [5, 5.41) is 0. The van der Waals surface area contributed by atoms with Crippen LogP contribution in [0.5, 0.6) is 0 Å². The summed E-state index contributed by atoms with van der Waals surface area (Å²) >= 11 is 0. The number of rotatable bonds is 5. The van der Waals surface area contributed by atoms with Gasteiger partial charge in [-0.15, -0.1) is 0 Å². The molecule has 2 N–H and O–H groups in total. The smallest absolute Gasteiger partial charge is 0.133 e. The van der Waals surface area contributed by atoms with Gasteiger partial charge in [-0.3, -0.25) is 4.98 Å². The molecular weight excluding hydrogens is 260 g/mol. The van der Waals surface area contributed by atoms with E-state index in [0.717, 1.165) is 37.3 Å². The summed E-state index contributed by atoms with van der Waals surface area (Å²) in [4.78, 5) is 11.3. The van der Waals surface area contributed by atoms with E-state index in [-0.39, 0.29) is 0 Å². The zero-order chi connectivity index (χ0) is 14.7. The maximum atomic E-state index is 5.95. The lowest BCUT2D eigenvalue weighted by molar-refractivity contribution is 0.793. The predicted molar refractivity (Wildman–Crippen MR) is 85.1 cm³/mol. The largest absolute Gasteiger partial charge is 0.352 e. The third-order valence-electron chi connectivity index (χ3n) is 4.13. The van der Waals surface area contributed by atoms with Gasteiger partial charge in [0.15, 0.2) is 0 Å². The minimum absolute atomic E-state index is 0.544. The van der Waals surface area contributed by atoms with Crippen molar-refractivity contribution in [1.29, 1.82) is 0 Å². The van der Waals surface area contributed by atoms with Gasteiger partial charge in [0, 0.05) is 43.3 Å². The lowest BCUT2D eigenvalue weighted by Crippen LogP contribution is -2.25. The van der Waals surface area contributed by atoms with Gasteiger partial charge in [-0.05, 0) is 55.5 Å². The van der Waals surface area contributed by atoms with Gasteiger partial charge in [0.25, 0.3) is 0 Å². The molecule has 0 amide bonds. The van der Waals surface area contributed by atoms with E-state index in [4.69, 9.17) is 10.7 Å². The highest BCUT2D eigenvalue weighted by molar-refractivity contribution is 5.51. The molecular formula is C17H22N4. The van der Waals surface area contributed by atoms with Gasteiger partial charge in [0.1, 0.15) is 5.82 Å². The van der Waals surface area contributed by atoms with E-state index in [1.807, 2.05) is 12.4 Å². The Bertz CT molecular complexity index is 610. The molecule has 0 atom stereocenters. The lowest BCUT2D eigenvalue weighted by Gasteiger charge is -2.25. The van der Waals surface area contributed by atoms with E-state index in [9.17, 15) is 0 Å². The Labute approximate surface area is 126 Å². The highest BCUT2D eigenvalue weighted by Crippen LogP contribution is 2.28. The Morgan fingerprint density at radius 2 is 2.05 bits per heavy atom. The third-order valence-corrected chi connectivity index (χ3v) is 4.13. The van der Waals surface area contributed by atoms with E-state index in [2.05, 4.69) is 35.0 Å². The first-order valence-corrected chi connectivity index (χ1v) is 7.67. The predicted octanol–water partition coefficient (Wildman–Crippen LogP) is 2.45. The summed E-state index contributed by atoms with van der Waals surface area (Å²) < 4.78 is 0. The van der Waals surface area contributed by atoms with Crippen LogP contribution in [0.3, 0.4) is 0 Å². The molecule has 0 aromatic carbocycles. The molecule has 2 aromatic heterocycles. The van der Waals surface area contributed by atoms with E-state index in [0.29, 0.717) is 6.54 Å². The van der Waals surface area contributed by atoms with E-state index >= 15 is 0 Å². The maximum absolute atomic E-state index is 5.95. The molecule has 0 aliphatic heterocycles. The van der Waals surface area contributed by atoms with Crippen molar-refractivity contribution in [1.82, 2.24) is 9.97 Å². The number of fused-ring (bicyclic) bond motifs is 1. The average molecular weight is 282 g/mol. The number of aromatic nitrogens is 2. The van der Waals surface area contributed by atoms with Crippen LogP contribution in [0.2, 0.25) is 0 Å². The molecule has 2 aromatic rings. The molecule has 110 valence electrons. The van der Waals surface area contributed by atoms with Gasteiger partial charge in [-0.2, -0.15) is 0 Å². The Morgan fingerprint density at radius 1 is 1.24 bits per heavy atom. The summed E-state index contributed by atoms with van der Waals surface area (Å²) in [6.07, 6.45) is 7.13. The van der Waals surface area contributed by atoms with Crippen molar-refractivity contribution in [2.75, 3.05) is 11.4 Å². The topological polar surface area (TPSA) is 55.0 Å². The van der Waals surface area contributed by atoms with Crippen LogP contribution in [0.1, 0.15) is 35.7 Å². The second-order valence-corrected chi connectivity index (χ2v) is 5.50. The summed E-state index contributed by atoms with van der Waals surface area (Å²) in [5.41, 5.74) is 11.0. The standard InChI is InChI=1S/C17H22N4/c1-2-21(12-13-6-8-19-9-7-13)17-15(11-18)10-14-4-3-5-16(14)20-17/h6-10H,2-5,11-12,18H2,1H3.